The number of aliphatic hydroxyl groups is 1. The predicted octanol–water partition coefficient (Wildman–Crippen LogP) is 4.50. The van der Waals surface area contributed by atoms with Crippen molar-refractivity contribution in [3.05, 3.63) is 59.7 Å². The normalized spacial score (nSPS) is 27.2. The minimum atomic E-state index is -0.739. The van der Waals surface area contributed by atoms with E-state index in [1.807, 2.05) is 30.3 Å². The van der Waals surface area contributed by atoms with E-state index in [9.17, 15) is 5.11 Å². The number of fused-ring (bicyclic) bond motifs is 2. The van der Waals surface area contributed by atoms with E-state index in [1.165, 1.54) is 5.56 Å². The summed E-state index contributed by atoms with van der Waals surface area (Å²) in [6, 6.07) is 17.2. The van der Waals surface area contributed by atoms with Crippen molar-refractivity contribution in [3.63, 3.8) is 0 Å². The largest absolute Gasteiger partial charge is 0.497 e. The van der Waals surface area contributed by atoms with Gasteiger partial charge in [-0.25, -0.2) is 0 Å². The molecule has 0 radical (unpaired) electrons. The second kappa shape index (κ2) is 7.76. The Morgan fingerprint density at radius 1 is 1.04 bits per heavy atom. The number of nitrogens with zero attached hydrogens (tertiary/aromatic N) is 1. The van der Waals surface area contributed by atoms with Gasteiger partial charge in [0.15, 0.2) is 0 Å². The molecular formula is C24H31NO3. The zero-order valence-corrected chi connectivity index (χ0v) is 17.1. The number of methoxy groups -OCH3 is 1. The molecule has 2 aromatic rings. The van der Waals surface area contributed by atoms with Crippen LogP contribution in [0.15, 0.2) is 48.5 Å². The van der Waals surface area contributed by atoms with Crippen molar-refractivity contribution in [2.75, 3.05) is 7.11 Å². The van der Waals surface area contributed by atoms with Crippen molar-refractivity contribution in [2.45, 2.75) is 69.9 Å². The van der Waals surface area contributed by atoms with Crippen molar-refractivity contribution >= 4 is 0 Å². The van der Waals surface area contributed by atoms with Crippen LogP contribution in [-0.4, -0.2) is 35.3 Å². The number of piperidine rings is 1. The van der Waals surface area contributed by atoms with Gasteiger partial charge in [-0.05, 0) is 74.9 Å². The highest BCUT2D eigenvalue weighted by atomic mass is 16.5. The lowest BCUT2D eigenvalue weighted by molar-refractivity contribution is -0.0595. The third-order valence-electron chi connectivity index (χ3n) is 6.18. The molecule has 4 rings (SSSR count). The number of rotatable bonds is 6. The van der Waals surface area contributed by atoms with E-state index in [-0.39, 0.29) is 6.10 Å². The fourth-order valence-electron chi connectivity index (χ4n) is 4.91. The lowest BCUT2D eigenvalue weighted by Gasteiger charge is -2.44. The molecule has 2 bridgehead atoms. The van der Waals surface area contributed by atoms with Crippen LogP contribution in [-0.2, 0) is 12.1 Å². The Morgan fingerprint density at radius 2 is 1.71 bits per heavy atom. The monoisotopic (exact) mass is 381 g/mol. The highest BCUT2D eigenvalue weighted by molar-refractivity contribution is 5.33. The standard InChI is InChI=1S/C24H31NO3/c1-17(2)28-23-6-4-5-18(13-23)16-25-20-9-10-21(25)15-24(26,14-20)19-7-11-22(27-3)12-8-19/h4-8,11-13,17,20-21,26H,9-10,14-16H2,1-3H3. The molecule has 28 heavy (non-hydrogen) atoms. The maximum atomic E-state index is 11.4. The molecule has 2 atom stereocenters. The molecule has 0 spiro atoms. The molecule has 2 fully saturated rings. The minimum absolute atomic E-state index is 0.181. The van der Waals surface area contributed by atoms with Gasteiger partial charge in [-0.1, -0.05) is 24.3 Å². The smallest absolute Gasteiger partial charge is 0.120 e. The lowest BCUT2D eigenvalue weighted by Crippen LogP contribution is -2.49. The molecule has 2 aliphatic heterocycles. The van der Waals surface area contributed by atoms with Crippen LogP contribution in [0.1, 0.15) is 50.7 Å². The second-order valence-electron chi connectivity index (χ2n) is 8.54. The Morgan fingerprint density at radius 3 is 2.32 bits per heavy atom. The SMILES string of the molecule is COc1ccc(C2(O)CC3CCC(C2)N3Cc2cccc(OC(C)C)c2)cc1. The van der Waals surface area contributed by atoms with E-state index in [1.54, 1.807) is 7.11 Å². The van der Waals surface area contributed by atoms with Crippen LogP contribution in [0.2, 0.25) is 0 Å². The van der Waals surface area contributed by atoms with Crippen LogP contribution in [0, 0.1) is 0 Å². The first kappa shape index (κ1) is 19.3. The number of benzene rings is 2. The third-order valence-corrected chi connectivity index (χ3v) is 6.18. The summed E-state index contributed by atoms with van der Waals surface area (Å²) >= 11 is 0. The van der Waals surface area contributed by atoms with Crippen molar-refractivity contribution in [1.29, 1.82) is 0 Å². The molecule has 2 unspecified atom stereocenters. The van der Waals surface area contributed by atoms with E-state index in [2.05, 4.69) is 36.9 Å². The summed E-state index contributed by atoms with van der Waals surface area (Å²) in [4.78, 5) is 2.59. The van der Waals surface area contributed by atoms with Crippen molar-refractivity contribution in [3.8, 4) is 11.5 Å². The molecule has 0 amide bonds. The average molecular weight is 382 g/mol. The zero-order chi connectivity index (χ0) is 19.7. The first-order valence-corrected chi connectivity index (χ1v) is 10.3. The fourth-order valence-corrected chi connectivity index (χ4v) is 4.91. The first-order valence-electron chi connectivity index (χ1n) is 10.3. The van der Waals surface area contributed by atoms with Gasteiger partial charge in [0.25, 0.3) is 0 Å². The Hall–Kier alpha value is -2.04. The van der Waals surface area contributed by atoms with Gasteiger partial charge >= 0.3 is 0 Å². The maximum absolute atomic E-state index is 11.4. The third kappa shape index (κ3) is 3.89. The zero-order valence-electron chi connectivity index (χ0n) is 17.1. The van der Waals surface area contributed by atoms with Crippen LogP contribution < -0.4 is 9.47 Å². The summed E-state index contributed by atoms with van der Waals surface area (Å²) in [6.07, 6.45) is 4.08. The molecule has 2 aromatic carbocycles. The summed E-state index contributed by atoms with van der Waals surface area (Å²) in [5.41, 5.74) is 1.55. The van der Waals surface area contributed by atoms with Crippen molar-refractivity contribution < 1.29 is 14.6 Å². The molecule has 0 saturated carbocycles. The average Bonchev–Trinajstić information content (AvgIpc) is 2.92. The van der Waals surface area contributed by atoms with E-state index in [4.69, 9.17) is 9.47 Å². The van der Waals surface area contributed by atoms with Crippen LogP contribution in [0.3, 0.4) is 0 Å². The van der Waals surface area contributed by atoms with E-state index in [0.29, 0.717) is 12.1 Å². The van der Waals surface area contributed by atoms with Gasteiger partial charge < -0.3 is 14.6 Å². The second-order valence-corrected chi connectivity index (χ2v) is 8.54. The minimum Gasteiger partial charge on any atom is -0.497 e. The van der Waals surface area contributed by atoms with Gasteiger partial charge in [-0.15, -0.1) is 0 Å². The Labute approximate surface area is 168 Å². The molecule has 2 heterocycles. The molecule has 0 aliphatic carbocycles. The van der Waals surface area contributed by atoms with Gasteiger partial charge in [-0.2, -0.15) is 0 Å². The topological polar surface area (TPSA) is 41.9 Å². The summed E-state index contributed by atoms with van der Waals surface area (Å²) in [6.45, 7) is 5.03. The number of ether oxygens (including phenoxy) is 2. The summed E-state index contributed by atoms with van der Waals surface area (Å²) < 4.78 is 11.1. The molecule has 1 N–H and O–H groups in total. The quantitative estimate of drug-likeness (QED) is 0.800. The Balaban J connectivity index is 1.48. The summed E-state index contributed by atoms with van der Waals surface area (Å²) in [7, 11) is 1.67. The van der Waals surface area contributed by atoms with Crippen LogP contribution in [0.25, 0.3) is 0 Å². The van der Waals surface area contributed by atoms with Gasteiger partial charge in [0.05, 0.1) is 18.8 Å². The van der Waals surface area contributed by atoms with Crippen molar-refractivity contribution in [2.24, 2.45) is 0 Å². The predicted molar refractivity (Wildman–Crippen MR) is 111 cm³/mol. The highest BCUT2D eigenvalue weighted by Gasteiger charge is 2.48. The molecular weight excluding hydrogens is 350 g/mol. The summed E-state index contributed by atoms with van der Waals surface area (Å²) in [5.74, 6) is 1.77. The fraction of sp³-hybridized carbons (Fsp3) is 0.500. The Bertz CT molecular complexity index is 788. The highest BCUT2D eigenvalue weighted by Crippen LogP contribution is 2.46. The maximum Gasteiger partial charge on any atom is 0.120 e. The van der Waals surface area contributed by atoms with E-state index >= 15 is 0 Å². The van der Waals surface area contributed by atoms with Gasteiger partial charge in [0.2, 0.25) is 0 Å². The van der Waals surface area contributed by atoms with Gasteiger partial charge in [-0.3, -0.25) is 4.90 Å². The molecule has 2 aliphatic rings. The van der Waals surface area contributed by atoms with Gasteiger partial charge in [0, 0.05) is 18.6 Å². The van der Waals surface area contributed by atoms with Gasteiger partial charge in [0.1, 0.15) is 11.5 Å². The molecule has 4 heteroatoms. The number of hydrogen-bond acceptors (Lipinski definition) is 4. The molecule has 150 valence electrons. The molecule has 4 nitrogen and oxygen atoms in total. The molecule has 0 aromatic heterocycles. The van der Waals surface area contributed by atoms with E-state index in [0.717, 1.165) is 49.3 Å². The van der Waals surface area contributed by atoms with Crippen LogP contribution in [0.4, 0.5) is 0 Å². The van der Waals surface area contributed by atoms with Crippen molar-refractivity contribution in [1.82, 2.24) is 4.90 Å². The lowest BCUT2D eigenvalue weighted by atomic mass is 9.80. The number of hydrogen-bond donors (Lipinski definition) is 1. The first-order chi connectivity index (χ1) is 13.5. The Kier molecular flexibility index (Phi) is 5.35. The molecule has 2 saturated heterocycles. The van der Waals surface area contributed by atoms with Crippen LogP contribution in [0.5, 0.6) is 11.5 Å². The summed E-state index contributed by atoms with van der Waals surface area (Å²) in [5, 5.41) is 11.4. The van der Waals surface area contributed by atoms with E-state index < -0.39 is 5.60 Å². The van der Waals surface area contributed by atoms with Crippen LogP contribution >= 0.6 is 0 Å².